The molecule has 0 radical (unpaired) electrons. The van der Waals surface area contributed by atoms with E-state index >= 15 is 0 Å². The van der Waals surface area contributed by atoms with Gasteiger partial charge in [0.15, 0.2) is 10.7 Å². The van der Waals surface area contributed by atoms with E-state index in [1.807, 2.05) is 6.20 Å². The number of pyridine rings is 1. The molecule has 34 heavy (non-hydrogen) atoms. The van der Waals surface area contributed by atoms with Gasteiger partial charge in [0.2, 0.25) is 0 Å². The Hall–Kier alpha value is -2.26. The molecule has 3 aliphatic carbocycles. The van der Waals surface area contributed by atoms with Crippen LogP contribution in [0.15, 0.2) is 23.4 Å². The third kappa shape index (κ3) is 3.42. The Morgan fingerprint density at radius 3 is 2.79 bits per heavy atom. The van der Waals surface area contributed by atoms with Gasteiger partial charge in [-0.3, -0.25) is 9.12 Å². The number of piperazine rings is 1. The van der Waals surface area contributed by atoms with Gasteiger partial charge in [-0.25, -0.2) is 9.37 Å². The van der Waals surface area contributed by atoms with E-state index in [1.165, 1.54) is 36.1 Å². The minimum Gasteiger partial charge on any atom is -0.365 e. The molecule has 7 rings (SSSR count). The summed E-state index contributed by atoms with van der Waals surface area (Å²) in [6, 6.07) is 4.59. The fourth-order valence-corrected chi connectivity index (χ4v) is 6.71. The summed E-state index contributed by atoms with van der Waals surface area (Å²) in [4.78, 5) is 8.26. The van der Waals surface area contributed by atoms with E-state index in [0.29, 0.717) is 0 Å². The topological polar surface area (TPSA) is 94.2 Å². The summed E-state index contributed by atoms with van der Waals surface area (Å²) in [7, 11) is 0. The molecule has 8 nitrogen and oxygen atoms in total. The fourth-order valence-electron chi connectivity index (χ4n) is 4.74. The first kappa shape index (κ1) is 21.1. The maximum Gasteiger partial charge on any atom is 0.166 e. The van der Waals surface area contributed by atoms with Crippen LogP contribution in [0.3, 0.4) is 0 Å². The highest BCUT2D eigenvalue weighted by atomic mass is 32.2. The molecule has 3 aromatic rings. The number of nitriles is 1. The van der Waals surface area contributed by atoms with Gasteiger partial charge in [-0.05, 0) is 56.5 Å². The average Bonchev–Trinajstić information content (AvgIpc) is 3.83. The molecule has 0 atom stereocenters. The van der Waals surface area contributed by atoms with E-state index < -0.39 is 5.41 Å². The number of aromatic nitrogens is 4. The predicted octanol–water partition coefficient (Wildman–Crippen LogP) is 3.45. The Morgan fingerprint density at radius 1 is 1.24 bits per heavy atom. The van der Waals surface area contributed by atoms with Crippen LogP contribution in [0.2, 0.25) is 0 Å². The van der Waals surface area contributed by atoms with Gasteiger partial charge in [-0.2, -0.15) is 5.26 Å². The van der Waals surface area contributed by atoms with E-state index in [2.05, 4.69) is 47.9 Å². The summed E-state index contributed by atoms with van der Waals surface area (Å²) in [5.74, 6) is 0. The average molecular weight is 497 g/mol. The maximum absolute atomic E-state index is 13.5. The van der Waals surface area contributed by atoms with Gasteiger partial charge in [0.1, 0.15) is 22.8 Å². The normalized spacial score (nSPS) is 23.2. The second kappa shape index (κ2) is 7.37. The third-order valence-corrected chi connectivity index (χ3v) is 9.79. The minimum absolute atomic E-state index is 0.238. The van der Waals surface area contributed by atoms with Crippen LogP contribution in [0, 0.1) is 11.3 Å². The highest BCUT2D eigenvalue weighted by Gasteiger charge is 2.49. The molecule has 3 aromatic heterocycles. The minimum atomic E-state index is -0.448. The van der Waals surface area contributed by atoms with Crippen molar-refractivity contribution >= 4 is 34.6 Å². The van der Waals surface area contributed by atoms with Gasteiger partial charge >= 0.3 is 0 Å². The van der Waals surface area contributed by atoms with Crippen molar-refractivity contribution in [1.29, 1.82) is 5.26 Å². The summed E-state index contributed by atoms with van der Waals surface area (Å²) in [5, 5.41) is 23.6. The number of alkyl halides is 1. The number of hydrogen-bond donors (Lipinski definition) is 2. The largest absolute Gasteiger partial charge is 0.365 e. The molecule has 0 aromatic carbocycles. The zero-order valence-corrected chi connectivity index (χ0v) is 20.3. The first-order valence-corrected chi connectivity index (χ1v) is 13.5. The third-order valence-electron chi connectivity index (χ3n) is 7.64. The summed E-state index contributed by atoms with van der Waals surface area (Å²) in [6.45, 7) is 2.49. The second-order valence-electron chi connectivity index (χ2n) is 10.3. The van der Waals surface area contributed by atoms with Crippen LogP contribution in [0.1, 0.15) is 43.5 Å². The van der Waals surface area contributed by atoms with E-state index in [0.717, 1.165) is 77.3 Å². The molecule has 4 fully saturated rings. The number of rotatable bonds is 7. The van der Waals surface area contributed by atoms with Crippen molar-refractivity contribution in [3.05, 3.63) is 23.5 Å². The van der Waals surface area contributed by atoms with Crippen LogP contribution in [0.25, 0.3) is 16.3 Å². The molecule has 0 bridgehead atoms. The Balaban J connectivity index is 1.29. The lowest BCUT2D eigenvalue weighted by Gasteiger charge is -2.36. The highest BCUT2D eigenvalue weighted by molar-refractivity contribution is 7.97. The molecule has 2 N–H and O–H groups in total. The lowest BCUT2D eigenvalue weighted by Crippen LogP contribution is -2.52. The Morgan fingerprint density at radius 2 is 2.09 bits per heavy atom. The zero-order chi connectivity index (χ0) is 23.0. The van der Waals surface area contributed by atoms with Crippen LogP contribution < -0.4 is 14.9 Å². The van der Waals surface area contributed by atoms with E-state index in [-0.39, 0.29) is 17.8 Å². The summed E-state index contributed by atoms with van der Waals surface area (Å²) < 4.78 is 18.9. The van der Waals surface area contributed by atoms with E-state index in [1.54, 1.807) is 0 Å². The molecule has 0 amide bonds. The van der Waals surface area contributed by atoms with Crippen molar-refractivity contribution in [2.24, 2.45) is 0 Å². The number of halogens is 1. The van der Waals surface area contributed by atoms with Crippen molar-refractivity contribution in [1.82, 2.24) is 29.6 Å². The lowest BCUT2D eigenvalue weighted by molar-refractivity contribution is 0.402. The van der Waals surface area contributed by atoms with Crippen molar-refractivity contribution in [2.45, 2.75) is 59.9 Å². The zero-order valence-electron chi connectivity index (χ0n) is 18.7. The molecular formula is C23H25FN8S2. The number of fused-ring (bicyclic) bond motifs is 1. The number of anilines is 1. The molecule has 4 aliphatic rings. The van der Waals surface area contributed by atoms with Gasteiger partial charge in [-0.1, -0.05) is 11.3 Å². The van der Waals surface area contributed by atoms with Gasteiger partial charge in [0.25, 0.3) is 0 Å². The Kier molecular flexibility index (Phi) is 4.56. The summed E-state index contributed by atoms with van der Waals surface area (Å²) in [5.41, 5.74) is 2.27. The van der Waals surface area contributed by atoms with E-state index in [4.69, 9.17) is 4.98 Å². The van der Waals surface area contributed by atoms with Crippen LogP contribution >= 0.6 is 23.3 Å². The first-order valence-electron chi connectivity index (χ1n) is 11.8. The molecule has 1 saturated heterocycles. The molecule has 1 spiro atoms. The quantitative estimate of drug-likeness (QED) is 0.481. The van der Waals surface area contributed by atoms with Gasteiger partial charge in [0, 0.05) is 36.3 Å². The molecule has 1 aliphatic heterocycles. The van der Waals surface area contributed by atoms with Crippen molar-refractivity contribution < 1.29 is 4.39 Å². The van der Waals surface area contributed by atoms with Crippen molar-refractivity contribution in [2.75, 3.05) is 31.2 Å². The summed E-state index contributed by atoms with van der Waals surface area (Å²) >= 11 is 2.98. The number of nitrogens with one attached hydrogen (secondary N) is 2. The van der Waals surface area contributed by atoms with E-state index in [9.17, 15) is 9.65 Å². The second-order valence-corrected chi connectivity index (χ2v) is 12.1. The number of nitrogens with zero attached hydrogens (tertiary/aromatic N) is 6. The van der Waals surface area contributed by atoms with Crippen molar-refractivity contribution in [3.63, 3.8) is 0 Å². The SMILES string of the molecule is N#CC1(c2nnc(-c3cnc4c(N5CCNC6(CC6)C5)cc(SNC5(CF)CC5)cn34)s2)CC1. The number of hydrogen-bond acceptors (Lipinski definition) is 9. The van der Waals surface area contributed by atoms with Crippen molar-refractivity contribution in [3.8, 4) is 16.8 Å². The van der Waals surface area contributed by atoms with Gasteiger partial charge < -0.3 is 10.2 Å². The Labute approximate surface area is 205 Å². The molecule has 0 unspecified atom stereocenters. The summed E-state index contributed by atoms with van der Waals surface area (Å²) in [6.07, 6.45) is 9.78. The van der Waals surface area contributed by atoms with Gasteiger partial charge in [-0.15, -0.1) is 10.2 Å². The lowest BCUT2D eigenvalue weighted by atomic mass is 10.1. The molecular weight excluding hydrogens is 471 g/mol. The Bertz CT molecular complexity index is 1310. The number of imidazole rings is 1. The fraction of sp³-hybridized carbons (Fsp3) is 0.565. The monoisotopic (exact) mass is 496 g/mol. The molecule has 11 heteroatoms. The van der Waals surface area contributed by atoms with Crippen LogP contribution in [0.4, 0.5) is 10.1 Å². The molecule has 3 saturated carbocycles. The van der Waals surface area contributed by atoms with Crippen LogP contribution in [0.5, 0.6) is 0 Å². The highest BCUT2D eigenvalue weighted by Crippen LogP contribution is 2.49. The van der Waals surface area contributed by atoms with Gasteiger partial charge in [0.05, 0.1) is 23.5 Å². The molecule has 176 valence electrons. The molecule has 4 heterocycles. The predicted molar refractivity (Wildman–Crippen MR) is 130 cm³/mol. The standard InChI is InChI=1S/C23H25FN8S2/c24-12-22(3-4-22)30-34-15-9-16(31-8-7-27-23(14-31)5-6-23)18-26-10-17(32(18)11-15)19-28-29-20(33-19)21(13-25)1-2-21/h9-11,27,30H,1-8,12,14H2. The smallest absolute Gasteiger partial charge is 0.166 e. The first-order chi connectivity index (χ1) is 16.6. The van der Waals surface area contributed by atoms with Crippen LogP contribution in [-0.4, -0.2) is 57.0 Å². The maximum atomic E-state index is 13.5. The van der Waals surface area contributed by atoms with Crippen LogP contribution in [-0.2, 0) is 5.41 Å².